The van der Waals surface area contributed by atoms with E-state index in [2.05, 4.69) is 0 Å². The van der Waals surface area contributed by atoms with Gasteiger partial charge in [0, 0.05) is 19.5 Å². The molecule has 0 radical (unpaired) electrons. The van der Waals surface area contributed by atoms with Crippen LogP contribution in [0, 0.1) is 5.82 Å². The van der Waals surface area contributed by atoms with Crippen molar-refractivity contribution in [1.29, 1.82) is 0 Å². The van der Waals surface area contributed by atoms with E-state index in [1.54, 1.807) is 7.05 Å². The third-order valence-electron chi connectivity index (χ3n) is 3.85. The second-order valence-electron chi connectivity index (χ2n) is 6.08. The normalized spacial score (nSPS) is 12.4. The molecule has 0 aliphatic carbocycles. The van der Waals surface area contributed by atoms with E-state index in [1.165, 1.54) is 41.3 Å². The fraction of sp³-hybridized carbons (Fsp3) is 0.316. The van der Waals surface area contributed by atoms with Crippen molar-refractivity contribution in [3.63, 3.8) is 0 Å². The van der Waals surface area contributed by atoms with E-state index < -0.39 is 29.6 Å². The van der Waals surface area contributed by atoms with Crippen LogP contribution in [0.25, 0.3) is 0 Å². The van der Waals surface area contributed by atoms with Crippen LogP contribution in [-0.4, -0.2) is 31.0 Å². The van der Waals surface area contributed by atoms with Gasteiger partial charge in [-0.15, -0.1) is 0 Å². The van der Waals surface area contributed by atoms with E-state index in [0.29, 0.717) is 5.56 Å². The Kier molecular flexibility index (Phi) is 9.02. The Bertz CT molecular complexity index is 769. The number of ether oxygens (including phenoxy) is 1. The van der Waals surface area contributed by atoms with Crippen LogP contribution < -0.4 is 28.7 Å². The first kappa shape index (κ1) is 24.0. The number of carbonyl (C=O) groups excluding carboxylic acids is 1. The number of benzene rings is 2. The summed E-state index contributed by atoms with van der Waals surface area (Å²) in [4.78, 5) is 12.1. The number of alkyl halides is 3. The van der Waals surface area contributed by atoms with Crippen LogP contribution in [0.3, 0.4) is 0 Å². The molecule has 0 unspecified atom stereocenters. The van der Waals surface area contributed by atoms with Crippen LogP contribution in [0.2, 0.25) is 0 Å². The van der Waals surface area contributed by atoms with Gasteiger partial charge in [0.15, 0.2) is 0 Å². The van der Waals surface area contributed by atoms with Gasteiger partial charge in [-0.3, -0.25) is 0 Å². The minimum absolute atomic E-state index is 0. The van der Waals surface area contributed by atoms with Gasteiger partial charge >= 0.3 is 25.0 Å². The molecule has 28 heavy (non-hydrogen) atoms. The van der Waals surface area contributed by atoms with Crippen LogP contribution in [-0.2, 0) is 11.0 Å². The van der Waals surface area contributed by atoms with Crippen molar-refractivity contribution in [2.24, 2.45) is 0 Å². The number of carboxylic acids is 1. The summed E-state index contributed by atoms with van der Waals surface area (Å²) in [5, 5.41) is 10.7. The van der Waals surface area contributed by atoms with Crippen molar-refractivity contribution < 1.29 is 51.1 Å². The fourth-order valence-electron chi connectivity index (χ4n) is 2.52. The molecule has 0 aromatic heterocycles. The van der Waals surface area contributed by atoms with E-state index in [9.17, 15) is 27.5 Å². The molecule has 0 saturated carbocycles. The minimum Gasteiger partial charge on any atom is -0.549 e. The summed E-state index contributed by atoms with van der Waals surface area (Å²) in [5.41, 5.74) is -0.275. The van der Waals surface area contributed by atoms with E-state index in [0.717, 1.165) is 12.1 Å². The Hall–Kier alpha value is -2.01. The maximum atomic E-state index is 13.2. The van der Waals surface area contributed by atoms with Crippen molar-refractivity contribution in [2.45, 2.75) is 18.7 Å². The van der Waals surface area contributed by atoms with Crippen LogP contribution in [0.15, 0.2) is 48.5 Å². The fourth-order valence-corrected chi connectivity index (χ4v) is 2.52. The molecule has 2 aromatic carbocycles. The topological polar surface area (TPSA) is 52.6 Å². The average Bonchev–Trinajstić information content (AvgIpc) is 2.58. The van der Waals surface area contributed by atoms with Gasteiger partial charge in [0.1, 0.15) is 17.7 Å². The largest absolute Gasteiger partial charge is 1.00 e. The Morgan fingerprint density at radius 1 is 1.18 bits per heavy atom. The predicted molar refractivity (Wildman–Crippen MR) is 88.3 cm³/mol. The maximum Gasteiger partial charge on any atom is 1.00 e. The zero-order valence-corrected chi connectivity index (χ0v) is 15.5. The second kappa shape index (κ2) is 10.5. The molecule has 0 amide bonds. The zero-order valence-electron chi connectivity index (χ0n) is 15.5. The molecule has 146 valence electrons. The Balaban J connectivity index is 0.00000392. The number of carbonyl (C=O) groups is 1. The smallest absolute Gasteiger partial charge is 0.549 e. The van der Waals surface area contributed by atoms with E-state index in [1.807, 2.05) is 0 Å². The number of rotatable bonds is 8. The molecule has 0 aliphatic rings. The Morgan fingerprint density at radius 2 is 1.82 bits per heavy atom. The molecule has 4 nitrogen and oxygen atoms in total. The monoisotopic (exact) mass is 391 g/mol. The molecule has 0 heterocycles. The molecule has 0 spiro atoms. The average molecular weight is 391 g/mol. The van der Waals surface area contributed by atoms with E-state index in [4.69, 9.17) is 4.74 Å². The number of hydrogen-bond donors (Lipinski definition) is 0. The number of nitrogens with zero attached hydrogens (tertiary/aromatic N) is 1. The number of likely N-dealkylation sites (N-methyl/N-ethyl adjacent to an activating group) is 1. The van der Waals surface area contributed by atoms with Gasteiger partial charge in [0.2, 0.25) is 0 Å². The van der Waals surface area contributed by atoms with Crippen LogP contribution in [0.4, 0.5) is 17.6 Å². The number of halogens is 4. The number of carboxylic acid groups (broad SMARTS) is 1. The molecule has 0 saturated heterocycles. The van der Waals surface area contributed by atoms with E-state index in [-0.39, 0.29) is 44.1 Å². The molecule has 9 heteroatoms. The Labute approximate surface area is 172 Å². The van der Waals surface area contributed by atoms with Gasteiger partial charge in [-0.1, -0.05) is 18.2 Å². The van der Waals surface area contributed by atoms with Gasteiger partial charge in [-0.2, -0.15) is 13.2 Å². The summed E-state index contributed by atoms with van der Waals surface area (Å²) in [5.74, 6) is -1.68. The Morgan fingerprint density at radius 3 is 2.39 bits per heavy atom. The molecular formula is C19H18F4LiNO3. The molecule has 0 fully saturated rings. The third kappa shape index (κ3) is 7.55. The standard InChI is InChI=1S/C19H19F4NO3.Li/c1-24(12-18(25)26)10-9-17(13-5-7-15(20)8-6-13)27-16-4-2-3-14(11-16)19(21,22)23;/h2-8,11,17H,9-10,12H2,1H3,(H,25,26);/q;+1/p-1/t17-;/m1./s1. The van der Waals surface area contributed by atoms with Gasteiger partial charge in [0.25, 0.3) is 0 Å². The van der Waals surface area contributed by atoms with Gasteiger partial charge in [-0.05, 0) is 42.9 Å². The summed E-state index contributed by atoms with van der Waals surface area (Å²) >= 11 is 0. The van der Waals surface area contributed by atoms with Crippen LogP contribution in [0.1, 0.15) is 23.7 Å². The van der Waals surface area contributed by atoms with Crippen molar-refractivity contribution in [3.8, 4) is 5.75 Å². The molecular weight excluding hydrogens is 373 g/mol. The first-order valence-corrected chi connectivity index (χ1v) is 8.13. The zero-order chi connectivity index (χ0) is 20.0. The predicted octanol–water partition coefficient (Wildman–Crippen LogP) is 0.0404. The van der Waals surface area contributed by atoms with Gasteiger partial charge < -0.3 is 19.5 Å². The van der Waals surface area contributed by atoms with Crippen molar-refractivity contribution in [1.82, 2.24) is 4.90 Å². The summed E-state index contributed by atoms with van der Waals surface area (Å²) in [6.07, 6.45) is -4.90. The molecule has 0 N–H and O–H groups in total. The summed E-state index contributed by atoms with van der Waals surface area (Å²) in [6.45, 7) is -0.00528. The number of hydrogen-bond acceptors (Lipinski definition) is 4. The van der Waals surface area contributed by atoms with Crippen molar-refractivity contribution in [2.75, 3.05) is 20.1 Å². The summed E-state index contributed by atoms with van der Waals surface area (Å²) < 4.78 is 57.5. The first-order chi connectivity index (χ1) is 12.6. The summed E-state index contributed by atoms with van der Waals surface area (Å²) in [6, 6.07) is 9.87. The molecule has 2 aromatic rings. The second-order valence-corrected chi connectivity index (χ2v) is 6.08. The molecule has 0 aliphatic heterocycles. The molecule has 2 rings (SSSR count). The minimum atomic E-state index is -4.50. The van der Waals surface area contributed by atoms with Crippen molar-refractivity contribution in [3.05, 3.63) is 65.5 Å². The third-order valence-corrected chi connectivity index (χ3v) is 3.85. The van der Waals surface area contributed by atoms with Gasteiger partial charge in [0.05, 0.1) is 11.5 Å². The van der Waals surface area contributed by atoms with Gasteiger partial charge in [-0.25, -0.2) is 4.39 Å². The summed E-state index contributed by atoms with van der Waals surface area (Å²) in [7, 11) is 1.57. The molecule has 1 atom stereocenters. The quantitative estimate of drug-likeness (QED) is 0.471. The maximum absolute atomic E-state index is 13.2. The first-order valence-electron chi connectivity index (χ1n) is 8.13. The van der Waals surface area contributed by atoms with Crippen LogP contribution >= 0.6 is 0 Å². The SMILES string of the molecule is CN(CC[C@@H](Oc1cccc(C(F)(F)F)c1)c1ccc(F)cc1)CC(=O)[O-].[Li+]. The molecule has 0 bridgehead atoms. The number of aliphatic carboxylic acids is 1. The van der Waals surface area contributed by atoms with Crippen molar-refractivity contribution >= 4 is 5.97 Å². The van der Waals surface area contributed by atoms with E-state index >= 15 is 0 Å². The van der Waals surface area contributed by atoms with Crippen LogP contribution in [0.5, 0.6) is 5.75 Å².